The number of hydrogen-bond acceptors (Lipinski definition) is 8. The average molecular weight is 421 g/mol. The predicted molar refractivity (Wildman–Crippen MR) is 101 cm³/mol. The van der Waals surface area contributed by atoms with Gasteiger partial charge >= 0.3 is 6.16 Å². The molecule has 2 N–H and O–H groups in total. The number of amides is 2. The lowest BCUT2D eigenvalue weighted by molar-refractivity contribution is -0.118. The molecule has 2 amide bonds. The minimum atomic E-state index is -4.12. The number of sulfonamides is 1. The average Bonchev–Trinajstić information content (AvgIpc) is 2.68. The molecule has 0 fully saturated rings. The minimum absolute atomic E-state index is 0.0485. The van der Waals surface area contributed by atoms with E-state index in [1.54, 1.807) is 12.1 Å². The SMILES string of the molecule is COC(=O)Oc1ccc(C(=O)NS(=O)(=O)c2cccc(CCNC(C)=O)c2)cn1. The first kappa shape index (κ1) is 21.8. The highest BCUT2D eigenvalue weighted by Gasteiger charge is 2.19. The number of carbonyl (C=O) groups excluding carboxylic acids is 3. The Bertz CT molecular complexity index is 1000. The van der Waals surface area contributed by atoms with Crippen LogP contribution in [0.3, 0.4) is 0 Å². The van der Waals surface area contributed by atoms with Gasteiger partial charge in [0, 0.05) is 25.7 Å². The van der Waals surface area contributed by atoms with Crippen LogP contribution in [0, 0.1) is 0 Å². The standard InChI is InChI=1S/C18H19N3O7S/c1-12(22)19-9-8-13-4-3-5-15(10-13)29(25,26)21-17(23)14-6-7-16(20-11-14)28-18(24)27-2/h3-7,10-11H,8-9H2,1-2H3,(H,19,22)(H,21,23). The van der Waals surface area contributed by atoms with Crippen LogP contribution >= 0.6 is 0 Å². The van der Waals surface area contributed by atoms with Gasteiger partial charge in [-0.25, -0.2) is 22.9 Å². The first-order valence-electron chi connectivity index (χ1n) is 8.33. The fraction of sp³-hybridized carbons (Fsp3) is 0.222. The smallest absolute Gasteiger partial charge is 0.437 e. The Hall–Kier alpha value is -3.47. The summed E-state index contributed by atoms with van der Waals surface area (Å²) in [7, 11) is -3.00. The summed E-state index contributed by atoms with van der Waals surface area (Å²) in [6.45, 7) is 1.75. The van der Waals surface area contributed by atoms with Gasteiger partial charge in [0.05, 0.1) is 17.6 Å². The van der Waals surface area contributed by atoms with Crippen molar-refractivity contribution in [2.24, 2.45) is 0 Å². The number of ether oxygens (including phenoxy) is 2. The molecule has 29 heavy (non-hydrogen) atoms. The summed E-state index contributed by atoms with van der Waals surface area (Å²) in [6, 6.07) is 8.50. The van der Waals surface area contributed by atoms with E-state index < -0.39 is 22.1 Å². The second-order valence-corrected chi connectivity index (χ2v) is 7.44. The normalized spacial score (nSPS) is 10.7. The van der Waals surface area contributed by atoms with Crippen molar-refractivity contribution in [3.05, 3.63) is 53.7 Å². The van der Waals surface area contributed by atoms with Gasteiger partial charge in [0.25, 0.3) is 15.9 Å². The van der Waals surface area contributed by atoms with Crippen LogP contribution < -0.4 is 14.8 Å². The van der Waals surface area contributed by atoms with E-state index in [2.05, 4.69) is 19.8 Å². The number of rotatable bonds is 7. The van der Waals surface area contributed by atoms with E-state index in [-0.39, 0.29) is 22.2 Å². The summed E-state index contributed by atoms with van der Waals surface area (Å²) in [4.78, 5) is 37.8. The summed E-state index contributed by atoms with van der Waals surface area (Å²) in [6.07, 6.45) is 0.519. The molecule has 2 rings (SSSR count). The maximum absolute atomic E-state index is 12.5. The molecule has 0 radical (unpaired) electrons. The first-order valence-corrected chi connectivity index (χ1v) is 9.82. The lowest BCUT2D eigenvalue weighted by Gasteiger charge is -2.09. The maximum Gasteiger partial charge on any atom is 0.514 e. The van der Waals surface area contributed by atoms with E-state index in [9.17, 15) is 22.8 Å². The van der Waals surface area contributed by atoms with Crippen molar-refractivity contribution in [2.75, 3.05) is 13.7 Å². The molecule has 11 heteroatoms. The molecule has 10 nitrogen and oxygen atoms in total. The topological polar surface area (TPSA) is 141 Å². The Morgan fingerprint density at radius 3 is 2.52 bits per heavy atom. The zero-order valence-corrected chi connectivity index (χ0v) is 16.5. The quantitative estimate of drug-likeness (QED) is 0.632. The molecule has 0 saturated heterocycles. The minimum Gasteiger partial charge on any atom is -0.437 e. The molecule has 0 unspecified atom stereocenters. The van der Waals surface area contributed by atoms with E-state index in [0.717, 1.165) is 13.3 Å². The molecule has 0 aliphatic heterocycles. The van der Waals surface area contributed by atoms with Crippen LogP contribution in [0.5, 0.6) is 5.88 Å². The predicted octanol–water partition coefficient (Wildman–Crippen LogP) is 1.02. The maximum atomic E-state index is 12.5. The fourth-order valence-corrected chi connectivity index (χ4v) is 3.24. The molecule has 0 aliphatic carbocycles. The number of aromatic nitrogens is 1. The largest absolute Gasteiger partial charge is 0.514 e. The van der Waals surface area contributed by atoms with E-state index >= 15 is 0 Å². The van der Waals surface area contributed by atoms with Crippen LogP contribution in [0.4, 0.5) is 4.79 Å². The molecule has 0 spiro atoms. The Balaban J connectivity index is 2.07. The van der Waals surface area contributed by atoms with Crippen LogP contribution in [0.15, 0.2) is 47.5 Å². The summed E-state index contributed by atoms with van der Waals surface area (Å²) in [5.41, 5.74) is 0.632. The van der Waals surface area contributed by atoms with Gasteiger partial charge in [-0.15, -0.1) is 0 Å². The number of methoxy groups -OCH3 is 1. The summed E-state index contributed by atoms with van der Waals surface area (Å²) in [5, 5.41) is 2.62. The number of hydrogen-bond donors (Lipinski definition) is 2. The van der Waals surface area contributed by atoms with Crippen molar-refractivity contribution < 1.29 is 32.3 Å². The van der Waals surface area contributed by atoms with Crippen molar-refractivity contribution >= 4 is 28.0 Å². The third kappa shape index (κ3) is 6.57. The number of nitrogens with one attached hydrogen (secondary N) is 2. The van der Waals surface area contributed by atoms with E-state index in [0.29, 0.717) is 18.5 Å². The van der Waals surface area contributed by atoms with Gasteiger partial charge in [-0.2, -0.15) is 0 Å². The molecule has 0 atom stereocenters. The highest BCUT2D eigenvalue weighted by atomic mass is 32.2. The third-order valence-electron chi connectivity index (χ3n) is 3.58. The molecule has 0 saturated carbocycles. The van der Waals surface area contributed by atoms with E-state index in [4.69, 9.17) is 0 Å². The van der Waals surface area contributed by atoms with Gasteiger partial charge in [0.15, 0.2) is 0 Å². The van der Waals surface area contributed by atoms with Crippen LogP contribution in [0.2, 0.25) is 0 Å². The number of nitrogens with zero attached hydrogens (tertiary/aromatic N) is 1. The van der Waals surface area contributed by atoms with Gasteiger partial charge in [0.1, 0.15) is 0 Å². The highest BCUT2D eigenvalue weighted by Crippen LogP contribution is 2.14. The summed E-state index contributed by atoms with van der Waals surface area (Å²) < 4.78 is 35.9. The number of pyridine rings is 1. The van der Waals surface area contributed by atoms with Gasteiger partial charge in [-0.1, -0.05) is 12.1 Å². The second-order valence-electron chi connectivity index (χ2n) is 5.76. The van der Waals surface area contributed by atoms with Crippen LogP contribution in [0.25, 0.3) is 0 Å². The van der Waals surface area contributed by atoms with Gasteiger partial charge in [-0.05, 0) is 30.2 Å². The van der Waals surface area contributed by atoms with Gasteiger partial charge in [0.2, 0.25) is 11.8 Å². The van der Waals surface area contributed by atoms with Gasteiger partial charge < -0.3 is 14.8 Å². The molecule has 0 bridgehead atoms. The zero-order valence-electron chi connectivity index (χ0n) is 15.7. The highest BCUT2D eigenvalue weighted by molar-refractivity contribution is 7.90. The van der Waals surface area contributed by atoms with Crippen LogP contribution in [-0.4, -0.2) is 45.0 Å². The van der Waals surface area contributed by atoms with E-state index in [1.807, 2.05) is 4.72 Å². The molecule has 1 aromatic heterocycles. The molecule has 1 aromatic carbocycles. The molecule has 0 aliphatic rings. The van der Waals surface area contributed by atoms with Crippen molar-refractivity contribution in [1.29, 1.82) is 0 Å². The molecular weight excluding hydrogens is 402 g/mol. The number of carbonyl (C=O) groups is 3. The molecule has 154 valence electrons. The monoisotopic (exact) mass is 421 g/mol. The van der Waals surface area contributed by atoms with Crippen molar-refractivity contribution in [3.8, 4) is 5.88 Å². The number of benzene rings is 1. The van der Waals surface area contributed by atoms with Gasteiger partial charge in [-0.3, -0.25) is 9.59 Å². The molecular formula is C18H19N3O7S. The Kier molecular flexibility index (Phi) is 7.26. The Labute approximate surface area is 167 Å². The second kappa shape index (κ2) is 9.64. The molecule has 1 heterocycles. The van der Waals surface area contributed by atoms with Crippen molar-refractivity contribution in [3.63, 3.8) is 0 Å². The molecule has 2 aromatic rings. The van der Waals surface area contributed by atoms with Crippen molar-refractivity contribution in [1.82, 2.24) is 15.0 Å². The lowest BCUT2D eigenvalue weighted by atomic mass is 10.1. The fourth-order valence-electron chi connectivity index (χ4n) is 2.19. The van der Waals surface area contributed by atoms with Crippen LogP contribution in [0.1, 0.15) is 22.8 Å². The lowest BCUT2D eigenvalue weighted by Crippen LogP contribution is -2.30. The Morgan fingerprint density at radius 2 is 1.90 bits per heavy atom. The Morgan fingerprint density at radius 1 is 1.14 bits per heavy atom. The summed E-state index contributed by atoms with van der Waals surface area (Å²) in [5.74, 6) is -1.19. The third-order valence-corrected chi connectivity index (χ3v) is 4.91. The van der Waals surface area contributed by atoms with E-state index in [1.165, 1.54) is 31.2 Å². The van der Waals surface area contributed by atoms with Crippen molar-refractivity contribution in [2.45, 2.75) is 18.2 Å². The first-order chi connectivity index (χ1) is 13.7. The zero-order chi connectivity index (χ0) is 21.4. The van der Waals surface area contributed by atoms with Crippen LogP contribution in [-0.2, 0) is 26.0 Å². The summed E-state index contributed by atoms with van der Waals surface area (Å²) >= 11 is 0.